The van der Waals surface area contributed by atoms with E-state index in [1.54, 1.807) is 14.1 Å². The quantitative estimate of drug-likeness (QED) is 0.896. The molecule has 0 unspecified atom stereocenters. The van der Waals surface area contributed by atoms with E-state index in [4.69, 9.17) is 0 Å². The average Bonchev–Trinajstić information content (AvgIpc) is 2.53. The van der Waals surface area contributed by atoms with E-state index in [-0.39, 0.29) is 16.5 Å². The minimum Gasteiger partial charge on any atom is -0.345 e. The van der Waals surface area contributed by atoms with Crippen LogP contribution >= 0.6 is 0 Å². The van der Waals surface area contributed by atoms with Gasteiger partial charge in [-0.2, -0.15) is 13.2 Å². The minimum absolute atomic E-state index is 0.166. The summed E-state index contributed by atoms with van der Waals surface area (Å²) in [5.74, 6) is -0.296. The maximum Gasteiger partial charge on any atom is 0.416 e. The number of alkyl halides is 3. The predicted molar refractivity (Wildman–Crippen MR) is 86.7 cm³/mol. The highest BCUT2D eigenvalue weighted by Crippen LogP contribution is 2.31. The fraction of sp³-hybridized carbons (Fsp3) is 0.188. The van der Waals surface area contributed by atoms with Crippen molar-refractivity contribution in [3.05, 3.63) is 59.7 Å². The number of benzene rings is 2. The molecule has 0 saturated heterocycles. The van der Waals surface area contributed by atoms with Crippen molar-refractivity contribution in [1.29, 1.82) is 0 Å². The average molecular weight is 372 g/mol. The zero-order valence-corrected chi connectivity index (χ0v) is 14.1. The Morgan fingerprint density at radius 3 is 2.16 bits per heavy atom. The Morgan fingerprint density at radius 2 is 1.64 bits per heavy atom. The summed E-state index contributed by atoms with van der Waals surface area (Å²) in [6.45, 7) is 0. The number of amides is 1. The summed E-state index contributed by atoms with van der Waals surface area (Å²) in [7, 11) is -0.965. The molecule has 0 aliphatic rings. The molecule has 134 valence electrons. The zero-order valence-electron chi connectivity index (χ0n) is 13.3. The van der Waals surface area contributed by atoms with E-state index in [9.17, 15) is 26.4 Å². The predicted octanol–water partition coefficient (Wildman–Crippen LogP) is 3.21. The molecule has 0 aromatic heterocycles. The van der Waals surface area contributed by atoms with Gasteiger partial charge in [-0.15, -0.1) is 0 Å². The molecule has 0 atom stereocenters. The molecule has 2 aromatic carbocycles. The Morgan fingerprint density at radius 1 is 1.04 bits per heavy atom. The third-order valence-corrected chi connectivity index (χ3v) is 4.66. The van der Waals surface area contributed by atoms with Gasteiger partial charge in [-0.3, -0.25) is 9.52 Å². The molecule has 0 bridgehead atoms. The molecule has 0 aliphatic heterocycles. The molecular weight excluding hydrogens is 357 g/mol. The van der Waals surface area contributed by atoms with E-state index in [0.717, 1.165) is 12.1 Å². The summed E-state index contributed by atoms with van der Waals surface area (Å²) in [6, 6.07) is 8.99. The van der Waals surface area contributed by atoms with E-state index in [1.165, 1.54) is 35.2 Å². The number of rotatable bonds is 4. The smallest absolute Gasteiger partial charge is 0.345 e. The van der Waals surface area contributed by atoms with E-state index < -0.39 is 21.8 Å². The van der Waals surface area contributed by atoms with Crippen molar-refractivity contribution < 1.29 is 26.4 Å². The lowest BCUT2D eigenvalue weighted by Gasteiger charge is -2.12. The van der Waals surface area contributed by atoms with Gasteiger partial charge in [0.05, 0.1) is 10.5 Å². The molecule has 0 aliphatic carbocycles. The molecule has 1 N–H and O–H groups in total. The molecule has 25 heavy (non-hydrogen) atoms. The van der Waals surface area contributed by atoms with Crippen LogP contribution in [0.1, 0.15) is 15.9 Å². The molecule has 2 rings (SSSR count). The number of sulfonamides is 1. The van der Waals surface area contributed by atoms with Crippen LogP contribution in [0.5, 0.6) is 0 Å². The van der Waals surface area contributed by atoms with Gasteiger partial charge < -0.3 is 4.90 Å². The Hall–Kier alpha value is -2.55. The summed E-state index contributed by atoms with van der Waals surface area (Å²) >= 11 is 0. The standard InChI is InChI=1S/C16H15F3N2O3S/c1-21(2)15(22)11-6-8-14(9-7-11)25(23,24)20-13-5-3-4-12(10-13)16(17,18)19/h3-10,20H,1-2H3. The highest BCUT2D eigenvalue weighted by Gasteiger charge is 2.30. The van der Waals surface area contributed by atoms with Gasteiger partial charge in [-0.1, -0.05) is 6.07 Å². The Labute approximate surface area is 143 Å². The Kier molecular flexibility index (Phi) is 5.07. The SMILES string of the molecule is CN(C)C(=O)c1ccc(S(=O)(=O)Nc2cccc(C(F)(F)F)c2)cc1. The number of hydrogen-bond donors (Lipinski definition) is 1. The van der Waals surface area contributed by atoms with Crippen molar-refractivity contribution in [2.75, 3.05) is 18.8 Å². The molecule has 9 heteroatoms. The first kappa shape index (κ1) is 18.8. The van der Waals surface area contributed by atoms with Crippen molar-refractivity contribution in [3.63, 3.8) is 0 Å². The van der Waals surface area contributed by atoms with E-state index in [1.807, 2.05) is 0 Å². The number of nitrogens with zero attached hydrogens (tertiary/aromatic N) is 1. The van der Waals surface area contributed by atoms with Crippen LogP contribution in [0.4, 0.5) is 18.9 Å². The van der Waals surface area contributed by atoms with E-state index >= 15 is 0 Å². The monoisotopic (exact) mass is 372 g/mol. The number of hydrogen-bond acceptors (Lipinski definition) is 3. The van der Waals surface area contributed by atoms with Crippen LogP contribution in [0.25, 0.3) is 0 Å². The van der Waals surface area contributed by atoms with E-state index in [2.05, 4.69) is 4.72 Å². The first-order chi connectivity index (χ1) is 11.5. The second kappa shape index (κ2) is 6.75. The third kappa shape index (κ3) is 4.50. The zero-order chi connectivity index (χ0) is 18.8. The van der Waals surface area contributed by atoms with Crippen molar-refractivity contribution in [2.45, 2.75) is 11.1 Å². The maximum atomic E-state index is 12.7. The fourth-order valence-electron chi connectivity index (χ4n) is 2.01. The topological polar surface area (TPSA) is 66.5 Å². The second-order valence-electron chi connectivity index (χ2n) is 5.41. The number of nitrogens with one attached hydrogen (secondary N) is 1. The summed E-state index contributed by atoms with van der Waals surface area (Å²) in [6.07, 6.45) is -4.57. The maximum absolute atomic E-state index is 12.7. The molecule has 0 fully saturated rings. The fourth-order valence-corrected chi connectivity index (χ4v) is 3.06. The minimum atomic E-state index is -4.57. The molecule has 0 heterocycles. The molecule has 0 radical (unpaired) electrons. The molecule has 5 nitrogen and oxygen atoms in total. The highest BCUT2D eigenvalue weighted by molar-refractivity contribution is 7.92. The van der Waals surface area contributed by atoms with Crippen molar-refractivity contribution >= 4 is 21.6 Å². The van der Waals surface area contributed by atoms with Gasteiger partial charge in [0, 0.05) is 25.3 Å². The van der Waals surface area contributed by atoms with Crippen LogP contribution in [-0.2, 0) is 16.2 Å². The van der Waals surface area contributed by atoms with Crippen LogP contribution in [0.2, 0.25) is 0 Å². The number of halogens is 3. The molecule has 2 aromatic rings. The molecule has 0 saturated carbocycles. The lowest BCUT2D eigenvalue weighted by atomic mass is 10.2. The first-order valence-corrected chi connectivity index (χ1v) is 8.51. The number of carbonyl (C=O) groups excluding carboxylic acids is 1. The molecule has 1 amide bonds. The van der Waals surface area contributed by atoms with Gasteiger partial charge in [0.1, 0.15) is 0 Å². The van der Waals surface area contributed by atoms with Gasteiger partial charge in [0.2, 0.25) is 0 Å². The Bertz CT molecular complexity index is 876. The van der Waals surface area contributed by atoms with Crippen LogP contribution in [-0.4, -0.2) is 33.3 Å². The Balaban J connectivity index is 2.26. The first-order valence-electron chi connectivity index (χ1n) is 7.02. The summed E-state index contributed by atoms with van der Waals surface area (Å²) in [5.41, 5.74) is -0.870. The van der Waals surface area contributed by atoms with Crippen LogP contribution in [0.15, 0.2) is 53.4 Å². The van der Waals surface area contributed by atoms with Crippen LogP contribution in [0.3, 0.4) is 0 Å². The molecular formula is C16H15F3N2O3S. The number of carbonyl (C=O) groups is 1. The molecule has 0 spiro atoms. The van der Waals surface area contributed by atoms with Gasteiger partial charge in [-0.25, -0.2) is 8.42 Å². The van der Waals surface area contributed by atoms with E-state index in [0.29, 0.717) is 11.6 Å². The van der Waals surface area contributed by atoms with Gasteiger partial charge >= 0.3 is 6.18 Å². The largest absolute Gasteiger partial charge is 0.416 e. The van der Waals surface area contributed by atoms with Gasteiger partial charge in [0.15, 0.2) is 0 Å². The van der Waals surface area contributed by atoms with Crippen molar-refractivity contribution in [3.8, 4) is 0 Å². The number of anilines is 1. The second-order valence-corrected chi connectivity index (χ2v) is 7.09. The third-order valence-electron chi connectivity index (χ3n) is 3.26. The lowest BCUT2D eigenvalue weighted by molar-refractivity contribution is -0.137. The summed E-state index contributed by atoms with van der Waals surface area (Å²) < 4.78 is 64.8. The lowest BCUT2D eigenvalue weighted by Crippen LogP contribution is -2.21. The van der Waals surface area contributed by atoms with Gasteiger partial charge in [-0.05, 0) is 42.5 Å². The van der Waals surface area contributed by atoms with Crippen molar-refractivity contribution in [2.24, 2.45) is 0 Å². The highest BCUT2D eigenvalue weighted by atomic mass is 32.2. The van der Waals surface area contributed by atoms with Crippen LogP contribution in [0, 0.1) is 0 Å². The normalized spacial score (nSPS) is 11.9. The van der Waals surface area contributed by atoms with Gasteiger partial charge in [0.25, 0.3) is 15.9 Å². The van der Waals surface area contributed by atoms with Crippen LogP contribution < -0.4 is 4.72 Å². The summed E-state index contributed by atoms with van der Waals surface area (Å²) in [5, 5.41) is 0. The summed E-state index contributed by atoms with van der Waals surface area (Å²) in [4.78, 5) is 13.0. The van der Waals surface area contributed by atoms with Crippen molar-refractivity contribution in [1.82, 2.24) is 4.90 Å².